The Hall–Kier alpha value is -1.63. The normalized spacial score (nSPS) is 12.9. The van der Waals surface area contributed by atoms with Crippen LogP contribution in [0.3, 0.4) is 0 Å². The quantitative estimate of drug-likeness (QED) is 0.0341. The number of unbranched alkanes of at least 4 members (excludes halogenated alkanes) is 31. The number of carbonyl (C=O) groups excluding carboxylic acids is 3. The van der Waals surface area contributed by atoms with Gasteiger partial charge in [0.1, 0.15) is 0 Å². The van der Waals surface area contributed by atoms with Crippen molar-refractivity contribution < 1.29 is 28.6 Å². The molecule has 7 heteroatoms. The Bertz CT molecular complexity index is 1060. The lowest BCUT2D eigenvalue weighted by Crippen LogP contribution is -2.27. The smallest absolute Gasteiger partial charge is 0.306 e. The Balaban J connectivity index is 4.83. The van der Waals surface area contributed by atoms with Crippen LogP contribution in [0.4, 0.5) is 0 Å². The molecule has 0 radical (unpaired) electrons. The third-order valence-corrected chi connectivity index (χ3v) is 15.2. The van der Waals surface area contributed by atoms with Gasteiger partial charge in [-0.3, -0.25) is 14.4 Å². The van der Waals surface area contributed by atoms with Gasteiger partial charge in [0.2, 0.25) is 0 Å². The SMILES string of the molecule is CCCCCCCCCC(C)OC(=O)CCCCCCCCN(CCCCCC(=O)OCC(CCCCCC)CCCCCCCC)CCCCCC(=O)OCC(CCCCCC)CCCCCCCC. The molecule has 71 heavy (non-hydrogen) atoms. The van der Waals surface area contributed by atoms with Crippen LogP contribution in [0.1, 0.15) is 343 Å². The molecule has 0 aliphatic heterocycles. The number of esters is 3. The van der Waals surface area contributed by atoms with Crippen molar-refractivity contribution in [2.45, 2.75) is 349 Å². The van der Waals surface area contributed by atoms with E-state index in [4.69, 9.17) is 14.2 Å². The highest BCUT2D eigenvalue weighted by Crippen LogP contribution is 2.22. The second-order valence-corrected chi connectivity index (χ2v) is 22.5. The van der Waals surface area contributed by atoms with Crippen molar-refractivity contribution in [2.75, 3.05) is 32.8 Å². The van der Waals surface area contributed by atoms with E-state index in [2.05, 4.69) is 46.4 Å². The molecule has 422 valence electrons. The zero-order chi connectivity index (χ0) is 51.9. The van der Waals surface area contributed by atoms with Gasteiger partial charge in [0, 0.05) is 19.3 Å². The first-order valence-corrected chi connectivity index (χ1v) is 32.0. The minimum atomic E-state index is -0.0221. The molecule has 0 aromatic rings. The van der Waals surface area contributed by atoms with Crippen LogP contribution in [0.15, 0.2) is 0 Å². The van der Waals surface area contributed by atoms with Crippen LogP contribution >= 0.6 is 0 Å². The number of rotatable bonds is 58. The van der Waals surface area contributed by atoms with E-state index in [1.54, 1.807) is 0 Å². The highest BCUT2D eigenvalue weighted by Gasteiger charge is 2.15. The van der Waals surface area contributed by atoms with E-state index in [1.165, 1.54) is 218 Å². The Morgan fingerprint density at radius 2 is 0.563 bits per heavy atom. The summed E-state index contributed by atoms with van der Waals surface area (Å²) in [5.41, 5.74) is 0. The second kappa shape index (κ2) is 56.1. The van der Waals surface area contributed by atoms with Gasteiger partial charge < -0.3 is 19.1 Å². The largest absolute Gasteiger partial charge is 0.465 e. The predicted molar refractivity (Wildman–Crippen MR) is 306 cm³/mol. The molecule has 0 rings (SSSR count). The topological polar surface area (TPSA) is 82.1 Å². The molecule has 0 saturated carbocycles. The molecule has 3 atom stereocenters. The van der Waals surface area contributed by atoms with Gasteiger partial charge in [-0.1, -0.05) is 240 Å². The number of ether oxygens (including phenoxy) is 3. The number of carbonyl (C=O) groups is 3. The Morgan fingerprint density at radius 1 is 0.310 bits per heavy atom. The molecule has 0 heterocycles. The lowest BCUT2D eigenvalue weighted by Gasteiger charge is -2.22. The summed E-state index contributed by atoms with van der Waals surface area (Å²) in [6, 6.07) is 0. The fourth-order valence-electron chi connectivity index (χ4n) is 10.3. The predicted octanol–water partition coefficient (Wildman–Crippen LogP) is 20.0. The van der Waals surface area contributed by atoms with Gasteiger partial charge in [0.25, 0.3) is 0 Å². The van der Waals surface area contributed by atoms with E-state index < -0.39 is 0 Å². The third-order valence-electron chi connectivity index (χ3n) is 15.2. The van der Waals surface area contributed by atoms with Crippen molar-refractivity contribution in [3.8, 4) is 0 Å². The fraction of sp³-hybridized carbons (Fsp3) is 0.953. The summed E-state index contributed by atoms with van der Waals surface area (Å²) >= 11 is 0. The maximum absolute atomic E-state index is 12.9. The maximum Gasteiger partial charge on any atom is 0.306 e. The Labute approximate surface area is 443 Å². The first-order valence-electron chi connectivity index (χ1n) is 32.0. The van der Waals surface area contributed by atoms with Gasteiger partial charge in [0.15, 0.2) is 0 Å². The minimum Gasteiger partial charge on any atom is -0.465 e. The highest BCUT2D eigenvalue weighted by molar-refractivity contribution is 5.70. The molecule has 0 N–H and O–H groups in total. The zero-order valence-electron chi connectivity index (χ0n) is 48.9. The first-order chi connectivity index (χ1) is 34.8. The van der Waals surface area contributed by atoms with Gasteiger partial charge in [-0.05, 0) is 115 Å². The lowest BCUT2D eigenvalue weighted by molar-refractivity contribution is -0.149. The highest BCUT2D eigenvalue weighted by atomic mass is 16.5. The molecule has 0 aromatic heterocycles. The Morgan fingerprint density at radius 3 is 0.915 bits per heavy atom. The van der Waals surface area contributed by atoms with Crippen LogP contribution < -0.4 is 0 Å². The van der Waals surface area contributed by atoms with Crippen LogP contribution in [0.5, 0.6) is 0 Å². The zero-order valence-corrected chi connectivity index (χ0v) is 48.9. The third kappa shape index (κ3) is 51.6. The molecule has 0 bridgehead atoms. The molecule has 0 aliphatic carbocycles. The Kier molecular flexibility index (Phi) is 54.8. The van der Waals surface area contributed by atoms with E-state index in [9.17, 15) is 14.4 Å². The summed E-state index contributed by atoms with van der Waals surface area (Å²) in [6.07, 6.45) is 55.3. The summed E-state index contributed by atoms with van der Waals surface area (Å²) in [5, 5.41) is 0. The van der Waals surface area contributed by atoms with Crippen molar-refractivity contribution >= 4 is 17.9 Å². The summed E-state index contributed by atoms with van der Waals surface area (Å²) in [5.74, 6) is 0.992. The van der Waals surface area contributed by atoms with E-state index in [0.717, 1.165) is 83.8 Å². The second-order valence-electron chi connectivity index (χ2n) is 22.5. The molecular formula is C64H125NO6. The van der Waals surface area contributed by atoms with E-state index in [-0.39, 0.29) is 24.0 Å². The first kappa shape index (κ1) is 69.4. The van der Waals surface area contributed by atoms with Crippen molar-refractivity contribution in [2.24, 2.45) is 11.8 Å². The van der Waals surface area contributed by atoms with Crippen molar-refractivity contribution in [3.05, 3.63) is 0 Å². The summed E-state index contributed by atoms with van der Waals surface area (Å²) in [4.78, 5) is 40.8. The molecular weight excluding hydrogens is 879 g/mol. The van der Waals surface area contributed by atoms with Gasteiger partial charge in [0.05, 0.1) is 19.3 Å². The fourth-order valence-corrected chi connectivity index (χ4v) is 10.3. The minimum absolute atomic E-state index is 0.00700. The number of hydrogen-bond acceptors (Lipinski definition) is 7. The van der Waals surface area contributed by atoms with E-state index in [0.29, 0.717) is 44.3 Å². The van der Waals surface area contributed by atoms with Crippen LogP contribution in [0.2, 0.25) is 0 Å². The summed E-state index contributed by atoms with van der Waals surface area (Å²) in [6.45, 7) is 17.8. The number of hydrogen-bond donors (Lipinski definition) is 0. The summed E-state index contributed by atoms with van der Waals surface area (Å²) < 4.78 is 17.5. The standard InChI is InChI=1S/C64H125NO6/c1-7-12-17-22-25-28-35-46-59(6)71-64(68)53-40-31-26-27-32-43-54-65(55-44-33-41-51-62(66)69-57-60(47-36-20-15-10-4)49-38-29-23-18-13-8-2)56-45-34-42-52-63(67)70-58-61(48-37-21-16-11-5)50-39-30-24-19-14-9-3/h59-61H,7-58H2,1-6H3. The van der Waals surface area contributed by atoms with Crippen molar-refractivity contribution in [1.82, 2.24) is 4.90 Å². The van der Waals surface area contributed by atoms with Crippen LogP contribution in [-0.4, -0.2) is 61.8 Å². The van der Waals surface area contributed by atoms with Gasteiger partial charge >= 0.3 is 17.9 Å². The van der Waals surface area contributed by atoms with Gasteiger partial charge in [-0.2, -0.15) is 0 Å². The van der Waals surface area contributed by atoms with Gasteiger partial charge in [-0.15, -0.1) is 0 Å². The van der Waals surface area contributed by atoms with E-state index in [1.807, 2.05) is 0 Å². The molecule has 0 aliphatic rings. The lowest BCUT2D eigenvalue weighted by atomic mass is 9.95. The summed E-state index contributed by atoms with van der Waals surface area (Å²) in [7, 11) is 0. The van der Waals surface area contributed by atoms with E-state index >= 15 is 0 Å². The van der Waals surface area contributed by atoms with Crippen molar-refractivity contribution in [3.63, 3.8) is 0 Å². The van der Waals surface area contributed by atoms with Crippen molar-refractivity contribution in [1.29, 1.82) is 0 Å². The molecule has 3 unspecified atom stereocenters. The molecule has 0 saturated heterocycles. The molecule has 0 amide bonds. The maximum atomic E-state index is 12.9. The van der Waals surface area contributed by atoms with Crippen LogP contribution in [0.25, 0.3) is 0 Å². The average Bonchev–Trinajstić information content (AvgIpc) is 3.36. The number of nitrogens with zero attached hydrogens (tertiary/aromatic N) is 1. The molecule has 0 fully saturated rings. The molecule has 0 spiro atoms. The molecule has 0 aromatic carbocycles. The average molecular weight is 1000 g/mol. The monoisotopic (exact) mass is 1000 g/mol. The molecule has 7 nitrogen and oxygen atoms in total. The van der Waals surface area contributed by atoms with Crippen LogP contribution in [-0.2, 0) is 28.6 Å². The van der Waals surface area contributed by atoms with Crippen LogP contribution in [0, 0.1) is 11.8 Å². The van der Waals surface area contributed by atoms with Gasteiger partial charge in [-0.25, -0.2) is 0 Å².